The number of rotatable bonds is 4. The second kappa shape index (κ2) is 7.84. The summed E-state index contributed by atoms with van der Waals surface area (Å²) in [6, 6.07) is 17.5. The number of hydrogen-bond acceptors (Lipinski definition) is 5. The number of amides is 1. The van der Waals surface area contributed by atoms with Gasteiger partial charge < -0.3 is 4.90 Å². The first-order chi connectivity index (χ1) is 14.7. The van der Waals surface area contributed by atoms with Gasteiger partial charge >= 0.3 is 0 Å². The van der Waals surface area contributed by atoms with Gasteiger partial charge in [0, 0.05) is 34.3 Å². The molecule has 0 spiro atoms. The Morgan fingerprint density at radius 1 is 1.10 bits per heavy atom. The minimum Gasteiger partial charge on any atom is -0.328 e. The van der Waals surface area contributed by atoms with E-state index in [9.17, 15) is 4.79 Å². The summed E-state index contributed by atoms with van der Waals surface area (Å²) in [6.45, 7) is 2.69. The number of aryl methyl sites for hydroxylation is 1. The lowest BCUT2D eigenvalue weighted by molar-refractivity contribution is 0.0730. The summed E-state index contributed by atoms with van der Waals surface area (Å²) in [5, 5.41) is 10.4. The highest BCUT2D eigenvalue weighted by Crippen LogP contribution is 2.33. The van der Waals surface area contributed by atoms with Gasteiger partial charge in [-0.15, -0.1) is 11.3 Å². The Morgan fingerprint density at radius 2 is 1.93 bits per heavy atom. The van der Waals surface area contributed by atoms with Crippen molar-refractivity contribution < 1.29 is 4.79 Å². The number of H-pyrrole nitrogens is 1. The third-order valence-electron chi connectivity index (χ3n) is 5.34. The van der Waals surface area contributed by atoms with Gasteiger partial charge in [0.15, 0.2) is 5.82 Å². The molecule has 1 aliphatic rings. The minimum atomic E-state index is -0.0896. The van der Waals surface area contributed by atoms with Gasteiger partial charge in [0.25, 0.3) is 5.91 Å². The molecule has 1 unspecified atom stereocenters. The van der Waals surface area contributed by atoms with E-state index >= 15 is 0 Å². The molecule has 5 rings (SSSR count). The van der Waals surface area contributed by atoms with E-state index in [-0.39, 0.29) is 11.9 Å². The van der Waals surface area contributed by atoms with Gasteiger partial charge in [0.1, 0.15) is 10.8 Å². The minimum absolute atomic E-state index is 0.0188. The summed E-state index contributed by atoms with van der Waals surface area (Å²) in [7, 11) is 0. The Hall–Kier alpha value is -3.32. The highest BCUT2D eigenvalue weighted by Gasteiger charge is 2.33. The van der Waals surface area contributed by atoms with E-state index in [0.29, 0.717) is 17.9 Å². The molecular weight excluding hydrogens is 394 g/mol. The number of aromatic nitrogens is 4. The number of carbonyl (C=O) groups excluding carboxylic acids is 1. The first kappa shape index (κ1) is 18.7. The van der Waals surface area contributed by atoms with Crippen LogP contribution < -0.4 is 0 Å². The van der Waals surface area contributed by atoms with Crippen LogP contribution in [0.15, 0.2) is 60.0 Å². The molecule has 30 heavy (non-hydrogen) atoms. The molecular formula is C23H21N5OS. The second-order valence-electron chi connectivity index (χ2n) is 7.44. The molecule has 2 aromatic heterocycles. The van der Waals surface area contributed by atoms with E-state index < -0.39 is 0 Å². The Kier molecular flexibility index (Phi) is 4.88. The number of carbonyl (C=O) groups is 1. The highest BCUT2D eigenvalue weighted by atomic mass is 32.1. The van der Waals surface area contributed by atoms with Crippen LogP contribution >= 0.6 is 11.3 Å². The van der Waals surface area contributed by atoms with E-state index in [0.717, 1.165) is 40.5 Å². The van der Waals surface area contributed by atoms with Gasteiger partial charge in [-0.2, -0.15) is 5.10 Å². The van der Waals surface area contributed by atoms with Crippen molar-refractivity contribution in [3.05, 3.63) is 77.1 Å². The molecule has 3 heterocycles. The van der Waals surface area contributed by atoms with E-state index in [4.69, 9.17) is 0 Å². The summed E-state index contributed by atoms with van der Waals surface area (Å²) in [6.07, 6.45) is 1.82. The maximum Gasteiger partial charge on any atom is 0.254 e. The zero-order valence-electron chi connectivity index (χ0n) is 16.6. The van der Waals surface area contributed by atoms with Crippen LogP contribution in [0.3, 0.4) is 0 Å². The molecule has 1 fully saturated rings. The quantitative estimate of drug-likeness (QED) is 0.515. The van der Waals surface area contributed by atoms with E-state index in [1.165, 1.54) is 0 Å². The summed E-state index contributed by atoms with van der Waals surface area (Å²) < 4.78 is 0. The van der Waals surface area contributed by atoms with Crippen molar-refractivity contribution in [3.8, 4) is 22.0 Å². The monoisotopic (exact) mass is 415 g/mol. The fourth-order valence-electron chi connectivity index (χ4n) is 3.87. The standard InChI is InChI=1S/C23H21N5OS/c1-15-14-30-22(24-15)17-9-5-10-18(13-17)23(29)28-12-6-11-19(28)21-25-20(26-27-21)16-7-3-2-4-8-16/h2-5,7-10,13-14,19H,6,11-12H2,1H3,(H,25,26,27). The van der Waals surface area contributed by atoms with Crippen LogP contribution in [0.1, 0.15) is 40.8 Å². The Labute approximate surface area is 178 Å². The molecule has 0 radical (unpaired) electrons. The van der Waals surface area contributed by atoms with Gasteiger partial charge in [-0.25, -0.2) is 9.97 Å². The smallest absolute Gasteiger partial charge is 0.254 e. The van der Waals surface area contributed by atoms with Crippen LogP contribution in [0.25, 0.3) is 22.0 Å². The first-order valence-electron chi connectivity index (χ1n) is 10.0. The maximum atomic E-state index is 13.3. The van der Waals surface area contributed by atoms with Gasteiger partial charge in [0.05, 0.1) is 6.04 Å². The van der Waals surface area contributed by atoms with Gasteiger partial charge in [0.2, 0.25) is 0 Å². The van der Waals surface area contributed by atoms with Crippen molar-refractivity contribution in [3.63, 3.8) is 0 Å². The number of nitrogens with one attached hydrogen (secondary N) is 1. The number of benzene rings is 2. The number of nitrogens with zero attached hydrogens (tertiary/aromatic N) is 4. The highest BCUT2D eigenvalue weighted by molar-refractivity contribution is 7.13. The lowest BCUT2D eigenvalue weighted by atomic mass is 10.1. The molecule has 7 heteroatoms. The van der Waals surface area contributed by atoms with Crippen LogP contribution in [0.5, 0.6) is 0 Å². The summed E-state index contributed by atoms with van der Waals surface area (Å²) in [4.78, 5) is 24.5. The third-order valence-corrected chi connectivity index (χ3v) is 6.35. The van der Waals surface area contributed by atoms with E-state index in [1.807, 2.05) is 71.8 Å². The van der Waals surface area contributed by atoms with Gasteiger partial charge in [-0.05, 0) is 31.9 Å². The fraction of sp³-hybridized carbons (Fsp3) is 0.217. The number of aromatic amines is 1. The molecule has 0 saturated carbocycles. The normalized spacial score (nSPS) is 16.2. The molecule has 0 bridgehead atoms. The van der Waals surface area contributed by atoms with Crippen LogP contribution in [0, 0.1) is 6.92 Å². The number of hydrogen-bond donors (Lipinski definition) is 1. The topological polar surface area (TPSA) is 74.8 Å². The van der Waals surface area contributed by atoms with Crippen LogP contribution in [-0.2, 0) is 0 Å². The SMILES string of the molecule is Cc1csc(-c2cccc(C(=O)N3CCCC3c3nc(-c4ccccc4)n[nH]3)c2)n1. The average molecular weight is 416 g/mol. The Balaban J connectivity index is 1.40. The van der Waals surface area contributed by atoms with Crippen molar-refractivity contribution in [2.45, 2.75) is 25.8 Å². The summed E-state index contributed by atoms with van der Waals surface area (Å²) in [5.74, 6) is 1.42. The lowest BCUT2D eigenvalue weighted by Crippen LogP contribution is -2.31. The molecule has 0 aliphatic carbocycles. The summed E-state index contributed by atoms with van der Waals surface area (Å²) >= 11 is 1.59. The number of likely N-dealkylation sites (tertiary alicyclic amines) is 1. The third kappa shape index (κ3) is 3.52. The molecule has 1 atom stereocenters. The molecule has 2 aromatic carbocycles. The van der Waals surface area contributed by atoms with Crippen molar-refractivity contribution in [2.24, 2.45) is 0 Å². The predicted octanol–water partition coefficient (Wildman–Crippen LogP) is 4.88. The van der Waals surface area contributed by atoms with Crippen molar-refractivity contribution in [1.82, 2.24) is 25.1 Å². The van der Waals surface area contributed by atoms with Crippen molar-refractivity contribution in [1.29, 1.82) is 0 Å². The molecule has 150 valence electrons. The largest absolute Gasteiger partial charge is 0.328 e. The van der Waals surface area contributed by atoms with Gasteiger partial charge in [-0.1, -0.05) is 42.5 Å². The fourth-order valence-corrected chi connectivity index (χ4v) is 4.67. The molecule has 1 aliphatic heterocycles. The summed E-state index contributed by atoms with van der Waals surface area (Å²) in [5.41, 5.74) is 3.60. The Bertz CT molecular complexity index is 1180. The zero-order chi connectivity index (χ0) is 20.5. The van der Waals surface area contributed by atoms with E-state index in [1.54, 1.807) is 11.3 Å². The van der Waals surface area contributed by atoms with Crippen LogP contribution in [0.4, 0.5) is 0 Å². The Morgan fingerprint density at radius 3 is 2.73 bits per heavy atom. The second-order valence-corrected chi connectivity index (χ2v) is 8.30. The predicted molar refractivity (Wildman–Crippen MR) is 117 cm³/mol. The average Bonchev–Trinajstić information content (AvgIpc) is 3.54. The van der Waals surface area contributed by atoms with Crippen LogP contribution in [0.2, 0.25) is 0 Å². The molecule has 6 nitrogen and oxygen atoms in total. The number of thiazole rings is 1. The lowest BCUT2D eigenvalue weighted by Gasteiger charge is -2.23. The molecule has 1 saturated heterocycles. The maximum absolute atomic E-state index is 13.3. The van der Waals surface area contributed by atoms with Crippen molar-refractivity contribution >= 4 is 17.2 Å². The molecule has 4 aromatic rings. The first-order valence-corrected chi connectivity index (χ1v) is 10.9. The molecule has 1 N–H and O–H groups in total. The van der Waals surface area contributed by atoms with E-state index in [2.05, 4.69) is 20.2 Å². The van der Waals surface area contributed by atoms with Crippen molar-refractivity contribution in [2.75, 3.05) is 6.54 Å². The zero-order valence-corrected chi connectivity index (χ0v) is 17.4. The van der Waals surface area contributed by atoms with Crippen LogP contribution in [-0.4, -0.2) is 37.5 Å². The van der Waals surface area contributed by atoms with Gasteiger partial charge in [-0.3, -0.25) is 9.89 Å². The molecule has 1 amide bonds.